The van der Waals surface area contributed by atoms with Crippen molar-refractivity contribution >= 4 is 11.9 Å². The Morgan fingerprint density at radius 3 is 2.47 bits per heavy atom. The van der Waals surface area contributed by atoms with Crippen LogP contribution in [-0.4, -0.2) is 48.9 Å². The van der Waals surface area contributed by atoms with Gasteiger partial charge in [0, 0.05) is 37.2 Å². The van der Waals surface area contributed by atoms with Crippen molar-refractivity contribution in [1.29, 1.82) is 0 Å². The van der Waals surface area contributed by atoms with Gasteiger partial charge in [-0.25, -0.2) is 9.97 Å². The lowest BCUT2D eigenvalue weighted by Crippen LogP contribution is -2.28. The van der Waals surface area contributed by atoms with Crippen LogP contribution in [0.1, 0.15) is 45.0 Å². The van der Waals surface area contributed by atoms with Crippen molar-refractivity contribution in [3.63, 3.8) is 0 Å². The Labute approximate surface area is 209 Å². The maximum absolute atomic E-state index is 11.6. The second-order valence-corrected chi connectivity index (χ2v) is 9.67. The van der Waals surface area contributed by atoms with E-state index in [0.29, 0.717) is 29.1 Å². The third kappa shape index (κ3) is 4.71. The van der Waals surface area contributed by atoms with E-state index in [1.165, 1.54) is 0 Å². The van der Waals surface area contributed by atoms with E-state index in [4.69, 9.17) is 9.51 Å². The number of benzene rings is 1. The molecule has 1 fully saturated rings. The summed E-state index contributed by atoms with van der Waals surface area (Å²) in [7, 11) is 1.59. The first-order chi connectivity index (χ1) is 17.4. The van der Waals surface area contributed by atoms with Gasteiger partial charge in [-0.15, -0.1) is 0 Å². The predicted molar refractivity (Wildman–Crippen MR) is 135 cm³/mol. The number of nitrogens with one attached hydrogen (secondary N) is 2. The minimum Gasteiger partial charge on any atom is -0.358 e. The van der Waals surface area contributed by atoms with Crippen molar-refractivity contribution < 1.29 is 9.32 Å². The van der Waals surface area contributed by atoms with E-state index in [1.807, 2.05) is 12.4 Å². The minimum absolute atomic E-state index is 0.129. The average molecular weight is 487 g/mol. The highest BCUT2D eigenvalue weighted by Gasteiger charge is 2.47. The molecule has 3 aromatic heterocycles. The van der Waals surface area contributed by atoms with Crippen LogP contribution in [0.4, 0.5) is 5.95 Å². The highest BCUT2D eigenvalue weighted by Crippen LogP contribution is 2.50. The monoisotopic (exact) mass is 486 g/mol. The SMILES string of the molecule is CNC(=O)Cn1cc(-c2nc([C@@](C)(c3ccc(-c4cnc(NC(C)C)nc4)cc3)C3CC3)no2)cn1. The molecule has 1 aromatic carbocycles. The van der Waals surface area contributed by atoms with Gasteiger partial charge in [0.2, 0.25) is 11.9 Å². The van der Waals surface area contributed by atoms with Crippen molar-refractivity contribution in [3.05, 3.63) is 60.4 Å². The van der Waals surface area contributed by atoms with Crippen molar-refractivity contribution in [2.24, 2.45) is 5.92 Å². The van der Waals surface area contributed by atoms with Gasteiger partial charge in [0.1, 0.15) is 6.54 Å². The molecule has 1 aliphatic carbocycles. The van der Waals surface area contributed by atoms with Gasteiger partial charge in [-0.05, 0) is 50.7 Å². The summed E-state index contributed by atoms with van der Waals surface area (Å²) in [6.45, 7) is 6.42. The van der Waals surface area contributed by atoms with Crippen molar-refractivity contribution in [1.82, 2.24) is 35.2 Å². The molecule has 4 aromatic rings. The summed E-state index contributed by atoms with van der Waals surface area (Å²) in [5, 5.41) is 14.4. The molecule has 0 aliphatic heterocycles. The van der Waals surface area contributed by atoms with Gasteiger partial charge in [-0.2, -0.15) is 10.1 Å². The van der Waals surface area contributed by atoms with Gasteiger partial charge in [0.25, 0.3) is 5.89 Å². The second kappa shape index (κ2) is 9.52. The number of likely N-dealkylation sites (N-methyl/N-ethyl adjacent to an activating group) is 1. The molecule has 36 heavy (non-hydrogen) atoms. The molecule has 1 amide bonds. The zero-order valence-corrected chi connectivity index (χ0v) is 20.9. The summed E-state index contributed by atoms with van der Waals surface area (Å²) in [5.74, 6) is 1.98. The Hall–Kier alpha value is -4.08. The van der Waals surface area contributed by atoms with E-state index < -0.39 is 0 Å². The van der Waals surface area contributed by atoms with Gasteiger partial charge in [0.15, 0.2) is 5.82 Å². The molecule has 2 N–H and O–H groups in total. The Kier molecular flexibility index (Phi) is 6.26. The van der Waals surface area contributed by atoms with Crippen LogP contribution in [0.3, 0.4) is 0 Å². The number of hydrogen-bond donors (Lipinski definition) is 2. The fourth-order valence-corrected chi connectivity index (χ4v) is 4.37. The number of nitrogens with zero attached hydrogens (tertiary/aromatic N) is 6. The Morgan fingerprint density at radius 1 is 1.11 bits per heavy atom. The lowest BCUT2D eigenvalue weighted by Gasteiger charge is -2.27. The third-order valence-electron chi connectivity index (χ3n) is 6.64. The summed E-state index contributed by atoms with van der Waals surface area (Å²) in [4.78, 5) is 25.2. The molecular formula is C26H30N8O2. The molecule has 3 heterocycles. The van der Waals surface area contributed by atoms with E-state index >= 15 is 0 Å². The van der Waals surface area contributed by atoms with Crippen molar-refractivity contribution in [2.45, 2.75) is 51.6 Å². The van der Waals surface area contributed by atoms with Crippen LogP contribution in [-0.2, 0) is 16.8 Å². The van der Waals surface area contributed by atoms with E-state index in [0.717, 1.165) is 29.5 Å². The molecule has 186 valence electrons. The number of rotatable bonds is 9. The molecule has 1 saturated carbocycles. The summed E-state index contributed by atoms with van der Waals surface area (Å²) < 4.78 is 7.18. The van der Waals surface area contributed by atoms with Gasteiger partial charge in [0.05, 0.1) is 17.2 Å². The molecule has 0 bridgehead atoms. The molecular weight excluding hydrogens is 456 g/mol. The smallest absolute Gasteiger partial charge is 0.261 e. The first kappa shape index (κ1) is 23.7. The van der Waals surface area contributed by atoms with Crippen LogP contribution in [0.25, 0.3) is 22.6 Å². The Morgan fingerprint density at radius 2 is 1.83 bits per heavy atom. The molecule has 10 nitrogen and oxygen atoms in total. The zero-order valence-electron chi connectivity index (χ0n) is 20.9. The number of anilines is 1. The summed E-state index contributed by atoms with van der Waals surface area (Å²) in [6, 6.07) is 8.72. The van der Waals surface area contributed by atoms with Crippen molar-refractivity contribution in [2.75, 3.05) is 12.4 Å². The van der Waals surface area contributed by atoms with Crippen LogP contribution in [0, 0.1) is 5.92 Å². The molecule has 0 unspecified atom stereocenters. The molecule has 0 radical (unpaired) electrons. The first-order valence-electron chi connectivity index (χ1n) is 12.1. The van der Waals surface area contributed by atoms with Gasteiger partial charge >= 0.3 is 0 Å². The Bertz CT molecular complexity index is 1340. The number of amides is 1. The fraction of sp³-hybridized carbons (Fsp3) is 0.385. The molecule has 1 atom stereocenters. The van der Waals surface area contributed by atoms with E-state index in [-0.39, 0.29) is 23.9 Å². The maximum Gasteiger partial charge on any atom is 0.261 e. The highest BCUT2D eigenvalue weighted by atomic mass is 16.5. The topological polar surface area (TPSA) is 124 Å². The van der Waals surface area contributed by atoms with Crippen LogP contribution in [0.15, 0.2) is 53.6 Å². The third-order valence-corrected chi connectivity index (χ3v) is 6.64. The largest absolute Gasteiger partial charge is 0.358 e. The van der Waals surface area contributed by atoms with Crippen LogP contribution in [0.2, 0.25) is 0 Å². The predicted octanol–water partition coefficient (Wildman–Crippen LogP) is 3.67. The van der Waals surface area contributed by atoms with E-state index in [9.17, 15) is 4.79 Å². The number of carbonyl (C=O) groups is 1. The fourth-order valence-electron chi connectivity index (χ4n) is 4.37. The average Bonchev–Trinajstić information content (AvgIpc) is 3.44. The highest BCUT2D eigenvalue weighted by molar-refractivity contribution is 5.75. The van der Waals surface area contributed by atoms with Crippen LogP contribution >= 0.6 is 0 Å². The second-order valence-electron chi connectivity index (χ2n) is 9.67. The first-order valence-corrected chi connectivity index (χ1v) is 12.1. The van der Waals surface area contributed by atoms with Crippen LogP contribution < -0.4 is 10.6 Å². The van der Waals surface area contributed by atoms with Gasteiger partial charge in [-0.1, -0.05) is 29.4 Å². The van der Waals surface area contributed by atoms with Gasteiger partial charge < -0.3 is 15.2 Å². The van der Waals surface area contributed by atoms with E-state index in [2.05, 4.69) is 75.9 Å². The number of carbonyl (C=O) groups excluding carboxylic acids is 1. The van der Waals surface area contributed by atoms with E-state index in [1.54, 1.807) is 24.1 Å². The number of aromatic nitrogens is 6. The van der Waals surface area contributed by atoms with Crippen molar-refractivity contribution in [3.8, 4) is 22.6 Å². The minimum atomic E-state index is -0.375. The summed E-state index contributed by atoms with van der Waals surface area (Å²) >= 11 is 0. The molecule has 0 saturated heterocycles. The summed E-state index contributed by atoms with van der Waals surface area (Å²) in [6.07, 6.45) is 9.27. The standard InChI is InChI=1S/C26H30N8O2/c1-16(2)31-25-28-11-18(12-29-25)17-5-7-20(8-6-17)26(3,21-9-10-21)24-32-23(36-33-24)19-13-30-34(14-19)15-22(35)27-4/h5-8,11-14,16,21H,9-10,15H2,1-4H3,(H,27,35)(H,28,29,31)/t26-/m0/s1. The molecule has 1 aliphatic rings. The normalized spacial score (nSPS) is 15.0. The zero-order chi connectivity index (χ0) is 25.3. The molecule has 10 heteroatoms. The lowest BCUT2D eigenvalue weighted by molar-refractivity contribution is -0.121. The molecule has 5 rings (SSSR count). The van der Waals surface area contributed by atoms with Crippen LogP contribution in [0.5, 0.6) is 0 Å². The molecule has 0 spiro atoms. The number of hydrogen-bond acceptors (Lipinski definition) is 8. The maximum atomic E-state index is 11.6. The van der Waals surface area contributed by atoms with Gasteiger partial charge in [-0.3, -0.25) is 9.48 Å². The quantitative estimate of drug-likeness (QED) is 0.367. The summed E-state index contributed by atoms with van der Waals surface area (Å²) in [5.41, 5.74) is 3.45. The Balaban J connectivity index is 1.38. The lowest BCUT2D eigenvalue weighted by atomic mass is 9.77.